The fourth-order valence-electron chi connectivity index (χ4n) is 3.53. The molecule has 0 aliphatic rings. The summed E-state index contributed by atoms with van der Waals surface area (Å²) in [4.78, 5) is 11.4. The van der Waals surface area contributed by atoms with E-state index in [2.05, 4.69) is 15.9 Å². The van der Waals surface area contributed by atoms with Gasteiger partial charge < -0.3 is 14.4 Å². The molecule has 0 spiro atoms. The van der Waals surface area contributed by atoms with Gasteiger partial charge in [0.05, 0.1) is 11.3 Å². The number of aromatic nitrogens is 1. The Hall–Kier alpha value is -3.16. The Morgan fingerprint density at radius 3 is 2.55 bits per heavy atom. The first-order valence-electron chi connectivity index (χ1n) is 9.83. The molecule has 168 valence electrons. The Balaban J connectivity index is 1.77. The van der Waals surface area contributed by atoms with Gasteiger partial charge in [0.1, 0.15) is 24.0 Å². The third-order valence-electron chi connectivity index (χ3n) is 5.13. The molecule has 1 N–H and O–H groups in total. The zero-order valence-electron chi connectivity index (χ0n) is 17.3. The number of ether oxygens (including phenoxy) is 1. The molecule has 0 amide bonds. The van der Waals surface area contributed by atoms with E-state index in [0.29, 0.717) is 37.8 Å². The third-order valence-corrected chi connectivity index (χ3v) is 5.86. The first kappa shape index (κ1) is 23.0. The van der Waals surface area contributed by atoms with Crippen LogP contribution in [0.2, 0.25) is 5.02 Å². The molecule has 0 aliphatic carbocycles. The van der Waals surface area contributed by atoms with E-state index in [1.165, 1.54) is 18.2 Å². The zero-order valence-corrected chi connectivity index (χ0v) is 19.6. The highest BCUT2D eigenvalue weighted by Gasteiger charge is 2.18. The molecule has 0 saturated heterocycles. The Morgan fingerprint density at radius 2 is 1.82 bits per heavy atom. The SMILES string of the molecule is Cc1ccc(-c2cc(Cl)ccc2OCc2ccc(Br)cc2F)n1-c1ccc(F)c(C(=O)O)c1. The summed E-state index contributed by atoms with van der Waals surface area (Å²) < 4.78 is 36.6. The van der Waals surface area contributed by atoms with Crippen LogP contribution in [0.3, 0.4) is 0 Å². The van der Waals surface area contributed by atoms with Crippen molar-refractivity contribution in [1.82, 2.24) is 4.57 Å². The van der Waals surface area contributed by atoms with Crippen molar-refractivity contribution in [2.45, 2.75) is 13.5 Å². The normalized spacial score (nSPS) is 10.9. The minimum atomic E-state index is -1.36. The molecule has 4 nitrogen and oxygen atoms in total. The molecule has 4 aromatic rings. The monoisotopic (exact) mass is 531 g/mol. The number of aryl methyl sites for hydroxylation is 1. The topological polar surface area (TPSA) is 51.5 Å². The lowest BCUT2D eigenvalue weighted by Gasteiger charge is -2.17. The summed E-state index contributed by atoms with van der Waals surface area (Å²) in [6.45, 7) is 1.84. The van der Waals surface area contributed by atoms with Crippen molar-refractivity contribution in [2.24, 2.45) is 0 Å². The minimum absolute atomic E-state index is 0.00680. The van der Waals surface area contributed by atoms with Gasteiger partial charge in [0.25, 0.3) is 0 Å². The number of halogens is 4. The van der Waals surface area contributed by atoms with E-state index in [0.717, 1.165) is 11.8 Å². The van der Waals surface area contributed by atoms with Crippen LogP contribution in [0.1, 0.15) is 21.6 Å². The summed E-state index contributed by atoms with van der Waals surface area (Å²) in [5.74, 6) is -2.11. The molecule has 0 saturated carbocycles. The van der Waals surface area contributed by atoms with Crippen LogP contribution in [0.15, 0.2) is 71.2 Å². The zero-order chi connectivity index (χ0) is 23.7. The van der Waals surface area contributed by atoms with Crippen LogP contribution in [0.4, 0.5) is 8.78 Å². The molecule has 1 aromatic heterocycles. The molecule has 8 heteroatoms. The molecule has 1 heterocycles. The number of hydrogen-bond donors (Lipinski definition) is 1. The van der Waals surface area contributed by atoms with Crippen molar-refractivity contribution in [1.29, 1.82) is 0 Å². The van der Waals surface area contributed by atoms with Crippen LogP contribution in [-0.4, -0.2) is 15.6 Å². The third kappa shape index (κ3) is 4.79. The van der Waals surface area contributed by atoms with Gasteiger partial charge in [0.2, 0.25) is 0 Å². The van der Waals surface area contributed by atoms with Crippen LogP contribution in [0, 0.1) is 18.6 Å². The molecule has 0 aliphatic heterocycles. The fourth-order valence-corrected chi connectivity index (χ4v) is 4.04. The second-order valence-corrected chi connectivity index (χ2v) is 8.68. The lowest BCUT2D eigenvalue weighted by Crippen LogP contribution is -2.06. The van der Waals surface area contributed by atoms with Gasteiger partial charge >= 0.3 is 5.97 Å². The smallest absolute Gasteiger partial charge is 0.338 e. The standard InChI is InChI=1S/C25H17BrClF2NO3/c1-14-2-8-23(30(14)18-6-7-21(28)19(12-18)25(31)32)20-11-17(27)5-9-24(20)33-13-15-3-4-16(26)10-22(15)29/h2-12H,13H2,1H3,(H,31,32). The molecule has 4 rings (SSSR count). The summed E-state index contributed by atoms with van der Waals surface area (Å²) in [7, 11) is 0. The summed E-state index contributed by atoms with van der Waals surface area (Å²) >= 11 is 9.50. The number of carboxylic acid groups (broad SMARTS) is 1. The second kappa shape index (κ2) is 9.37. The number of carboxylic acids is 1. The molecule has 0 bridgehead atoms. The van der Waals surface area contributed by atoms with Crippen LogP contribution < -0.4 is 4.74 Å². The number of hydrogen-bond acceptors (Lipinski definition) is 2. The first-order chi connectivity index (χ1) is 15.7. The highest BCUT2D eigenvalue weighted by atomic mass is 79.9. The Bertz CT molecular complexity index is 1370. The minimum Gasteiger partial charge on any atom is -0.488 e. The van der Waals surface area contributed by atoms with Gasteiger partial charge in [-0.15, -0.1) is 0 Å². The first-order valence-corrected chi connectivity index (χ1v) is 11.0. The fraction of sp³-hybridized carbons (Fsp3) is 0.0800. The van der Waals surface area contributed by atoms with Crippen molar-refractivity contribution >= 4 is 33.5 Å². The van der Waals surface area contributed by atoms with Gasteiger partial charge in [0.15, 0.2) is 0 Å². The van der Waals surface area contributed by atoms with Crippen molar-refractivity contribution in [2.75, 3.05) is 0 Å². The average Bonchev–Trinajstić information content (AvgIpc) is 3.15. The molecule has 0 radical (unpaired) electrons. The second-order valence-electron chi connectivity index (χ2n) is 7.33. The van der Waals surface area contributed by atoms with Crippen LogP contribution in [0.25, 0.3) is 16.9 Å². The van der Waals surface area contributed by atoms with Crippen LogP contribution in [-0.2, 0) is 6.61 Å². The van der Waals surface area contributed by atoms with E-state index in [9.17, 15) is 18.7 Å². The van der Waals surface area contributed by atoms with E-state index in [1.54, 1.807) is 34.9 Å². The number of benzene rings is 3. The molecule has 3 aromatic carbocycles. The van der Waals surface area contributed by atoms with E-state index >= 15 is 0 Å². The van der Waals surface area contributed by atoms with E-state index in [1.807, 2.05) is 19.1 Å². The van der Waals surface area contributed by atoms with Crippen molar-refractivity contribution < 1.29 is 23.4 Å². The molecule has 33 heavy (non-hydrogen) atoms. The van der Waals surface area contributed by atoms with Gasteiger partial charge in [-0.05, 0) is 67.6 Å². The lowest BCUT2D eigenvalue weighted by molar-refractivity contribution is 0.0692. The molecule has 0 fully saturated rings. The Labute approximate surface area is 202 Å². The largest absolute Gasteiger partial charge is 0.488 e. The van der Waals surface area contributed by atoms with Crippen molar-refractivity contribution in [3.05, 3.63) is 105 Å². The van der Waals surface area contributed by atoms with Crippen LogP contribution >= 0.6 is 27.5 Å². The highest BCUT2D eigenvalue weighted by Crippen LogP contribution is 2.36. The van der Waals surface area contributed by atoms with Gasteiger partial charge in [-0.1, -0.05) is 33.6 Å². The summed E-state index contributed by atoms with van der Waals surface area (Å²) in [6.07, 6.45) is 0. The van der Waals surface area contributed by atoms with Crippen molar-refractivity contribution in [3.63, 3.8) is 0 Å². The van der Waals surface area contributed by atoms with Gasteiger partial charge in [0, 0.05) is 32.0 Å². The maximum Gasteiger partial charge on any atom is 0.338 e. The number of carbonyl (C=O) groups is 1. The summed E-state index contributed by atoms with van der Waals surface area (Å²) in [6, 6.07) is 17.4. The number of nitrogens with zero attached hydrogens (tertiary/aromatic N) is 1. The van der Waals surface area contributed by atoms with Gasteiger partial charge in [-0.2, -0.15) is 0 Å². The number of aromatic carboxylic acids is 1. The number of rotatable bonds is 6. The van der Waals surface area contributed by atoms with Gasteiger partial charge in [-0.25, -0.2) is 13.6 Å². The molecular weight excluding hydrogens is 516 g/mol. The van der Waals surface area contributed by atoms with E-state index < -0.39 is 23.2 Å². The Kier molecular flexibility index (Phi) is 6.54. The maximum atomic E-state index is 14.3. The Morgan fingerprint density at radius 1 is 1.03 bits per heavy atom. The summed E-state index contributed by atoms with van der Waals surface area (Å²) in [5.41, 5.74) is 2.49. The molecule has 0 atom stereocenters. The van der Waals surface area contributed by atoms with E-state index in [-0.39, 0.29) is 6.61 Å². The van der Waals surface area contributed by atoms with E-state index in [4.69, 9.17) is 16.3 Å². The van der Waals surface area contributed by atoms with Gasteiger partial charge in [-0.3, -0.25) is 0 Å². The molecular formula is C25H17BrClF2NO3. The predicted octanol–water partition coefficient (Wildman–Crippen LogP) is 7.42. The quantitative estimate of drug-likeness (QED) is 0.281. The van der Waals surface area contributed by atoms with Crippen molar-refractivity contribution in [3.8, 4) is 22.7 Å². The van der Waals surface area contributed by atoms with Crippen LogP contribution in [0.5, 0.6) is 5.75 Å². The highest BCUT2D eigenvalue weighted by molar-refractivity contribution is 9.10. The maximum absolute atomic E-state index is 14.3. The molecule has 0 unspecified atom stereocenters. The average molecular weight is 533 g/mol. The summed E-state index contributed by atoms with van der Waals surface area (Å²) in [5, 5.41) is 9.78. The predicted molar refractivity (Wildman–Crippen MR) is 126 cm³/mol. The lowest BCUT2D eigenvalue weighted by atomic mass is 10.1.